The summed E-state index contributed by atoms with van der Waals surface area (Å²) in [6.45, 7) is 3.79. The Hall–Kier alpha value is -3.19. The molecule has 150 valence electrons. The number of carbonyl (C=O) groups excluding carboxylic acids is 2. The second-order valence-corrected chi connectivity index (χ2v) is 7.22. The summed E-state index contributed by atoms with van der Waals surface area (Å²) in [7, 11) is 0. The van der Waals surface area contributed by atoms with E-state index in [1.54, 1.807) is 5.38 Å². The Balaban J connectivity index is 1.50. The zero-order valence-electron chi connectivity index (χ0n) is 16.3. The van der Waals surface area contributed by atoms with Crippen LogP contribution in [0.25, 0.3) is 0 Å². The third kappa shape index (κ3) is 5.89. The molecule has 0 aliphatic heterocycles. The van der Waals surface area contributed by atoms with Gasteiger partial charge in [-0.1, -0.05) is 35.9 Å². The number of esters is 1. The Morgan fingerprint density at radius 1 is 1.07 bits per heavy atom. The molecule has 3 aromatic rings. The highest BCUT2D eigenvalue weighted by atomic mass is 32.1. The SMILES string of the molecule is CC(=O)N(c1ccccc1)c1nc(COC(=O)CCOc2ccc(C)cc2)cs1. The highest BCUT2D eigenvalue weighted by Gasteiger charge is 2.18. The van der Waals surface area contributed by atoms with Crippen molar-refractivity contribution < 1.29 is 19.1 Å². The van der Waals surface area contributed by atoms with Gasteiger partial charge in [-0.25, -0.2) is 4.98 Å². The average molecular weight is 410 g/mol. The molecule has 0 N–H and O–H groups in total. The number of para-hydroxylation sites is 1. The third-order valence-corrected chi connectivity index (χ3v) is 4.91. The Labute approximate surface area is 173 Å². The maximum absolute atomic E-state index is 12.1. The molecule has 0 bridgehead atoms. The number of aromatic nitrogens is 1. The van der Waals surface area contributed by atoms with Gasteiger partial charge in [-0.05, 0) is 31.2 Å². The van der Waals surface area contributed by atoms with Gasteiger partial charge in [-0.3, -0.25) is 14.5 Å². The molecule has 7 heteroatoms. The van der Waals surface area contributed by atoms with Crippen molar-refractivity contribution in [3.8, 4) is 5.75 Å². The fourth-order valence-corrected chi connectivity index (χ4v) is 3.45. The van der Waals surface area contributed by atoms with Gasteiger partial charge in [0.15, 0.2) is 5.13 Å². The molecule has 1 amide bonds. The molecule has 1 heterocycles. The van der Waals surface area contributed by atoms with Crippen molar-refractivity contribution >= 4 is 34.0 Å². The normalized spacial score (nSPS) is 10.4. The third-order valence-electron chi connectivity index (χ3n) is 4.04. The predicted octanol–water partition coefficient (Wildman–Crippen LogP) is 4.65. The minimum absolute atomic E-state index is 0.0560. The first kappa shape index (κ1) is 20.5. The molecule has 0 saturated heterocycles. The molecule has 0 unspecified atom stereocenters. The number of aryl methyl sites for hydroxylation is 1. The summed E-state index contributed by atoms with van der Waals surface area (Å²) >= 11 is 1.33. The van der Waals surface area contributed by atoms with E-state index in [1.807, 2.05) is 61.5 Å². The van der Waals surface area contributed by atoms with Crippen LogP contribution in [0.4, 0.5) is 10.8 Å². The van der Waals surface area contributed by atoms with Crippen molar-refractivity contribution in [1.82, 2.24) is 4.98 Å². The summed E-state index contributed by atoms with van der Waals surface area (Å²) in [5, 5.41) is 2.32. The van der Waals surface area contributed by atoms with E-state index in [0.29, 0.717) is 10.8 Å². The van der Waals surface area contributed by atoms with Crippen LogP contribution in [-0.4, -0.2) is 23.5 Å². The summed E-state index contributed by atoms with van der Waals surface area (Å²) in [4.78, 5) is 30.0. The van der Waals surface area contributed by atoms with E-state index in [1.165, 1.54) is 23.2 Å². The van der Waals surface area contributed by atoms with Crippen LogP contribution >= 0.6 is 11.3 Å². The maximum Gasteiger partial charge on any atom is 0.309 e. The van der Waals surface area contributed by atoms with Gasteiger partial charge >= 0.3 is 5.97 Å². The fraction of sp³-hybridized carbons (Fsp3) is 0.227. The molecule has 29 heavy (non-hydrogen) atoms. The second kappa shape index (κ2) is 9.84. The minimum atomic E-state index is -0.363. The molecule has 0 aliphatic rings. The van der Waals surface area contributed by atoms with Gasteiger partial charge in [-0.15, -0.1) is 11.3 Å². The molecule has 3 rings (SSSR count). The highest BCUT2D eigenvalue weighted by Crippen LogP contribution is 2.28. The van der Waals surface area contributed by atoms with E-state index < -0.39 is 0 Å². The summed E-state index contributed by atoms with van der Waals surface area (Å²) in [6, 6.07) is 16.9. The number of anilines is 2. The molecule has 0 fully saturated rings. The number of nitrogens with zero attached hydrogens (tertiary/aromatic N) is 2. The summed E-state index contributed by atoms with van der Waals surface area (Å²) in [5.74, 6) is 0.221. The van der Waals surface area contributed by atoms with Crippen molar-refractivity contribution in [3.63, 3.8) is 0 Å². The monoisotopic (exact) mass is 410 g/mol. The lowest BCUT2D eigenvalue weighted by atomic mass is 10.2. The van der Waals surface area contributed by atoms with Crippen LogP contribution in [0.3, 0.4) is 0 Å². The van der Waals surface area contributed by atoms with Crippen molar-refractivity contribution in [2.75, 3.05) is 11.5 Å². The first-order valence-electron chi connectivity index (χ1n) is 9.18. The lowest BCUT2D eigenvalue weighted by Crippen LogP contribution is -2.22. The smallest absolute Gasteiger partial charge is 0.309 e. The first-order valence-corrected chi connectivity index (χ1v) is 10.1. The lowest BCUT2D eigenvalue weighted by molar-refractivity contribution is -0.145. The van der Waals surface area contributed by atoms with Gasteiger partial charge in [0.2, 0.25) is 5.91 Å². The predicted molar refractivity (Wildman–Crippen MR) is 112 cm³/mol. The molecular formula is C22H22N2O4S. The highest BCUT2D eigenvalue weighted by molar-refractivity contribution is 7.14. The van der Waals surface area contributed by atoms with Gasteiger partial charge < -0.3 is 9.47 Å². The van der Waals surface area contributed by atoms with Crippen LogP contribution in [0.5, 0.6) is 5.75 Å². The fourth-order valence-electron chi connectivity index (χ4n) is 2.58. The Morgan fingerprint density at radius 3 is 2.48 bits per heavy atom. The summed E-state index contributed by atoms with van der Waals surface area (Å²) in [5.41, 5.74) is 2.49. The molecule has 0 aliphatic carbocycles. The summed E-state index contributed by atoms with van der Waals surface area (Å²) < 4.78 is 10.8. The quantitative estimate of drug-likeness (QED) is 0.506. The zero-order chi connectivity index (χ0) is 20.6. The number of amides is 1. The van der Waals surface area contributed by atoms with E-state index >= 15 is 0 Å². The van der Waals surface area contributed by atoms with E-state index in [-0.39, 0.29) is 31.5 Å². The van der Waals surface area contributed by atoms with Crippen LogP contribution < -0.4 is 9.64 Å². The minimum Gasteiger partial charge on any atom is -0.493 e. The Kier molecular flexibility index (Phi) is 6.97. The molecule has 0 saturated carbocycles. The van der Waals surface area contributed by atoms with Gasteiger partial charge in [0.05, 0.1) is 24.4 Å². The van der Waals surface area contributed by atoms with Gasteiger partial charge in [-0.2, -0.15) is 0 Å². The zero-order valence-corrected chi connectivity index (χ0v) is 17.1. The van der Waals surface area contributed by atoms with E-state index in [0.717, 1.165) is 17.0 Å². The van der Waals surface area contributed by atoms with Gasteiger partial charge in [0.1, 0.15) is 12.4 Å². The topological polar surface area (TPSA) is 68.7 Å². The Bertz CT molecular complexity index is 954. The van der Waals surface area contributed by atoms with Crippen LogP contribution in [0.15, 0.2) is 60.0 Å². The van der Waals surface area contributed by atoms with Crippen LogP contribution in [0.2, 0.25) is 0 Å². The molecule has 0 atom stereocenters. The van der Waals surface area contributed by atoms with Crippen molar-refractivity contribution in [2.24, 2.45) is 0 Å². The van der Waals surface area contributed by atoms with E-state index in [4.69, 9.17) is 9.47 Å². The number of ether oxygens (including phenoxy) is 2. The largest absolute Gasteiger partial charge is 0.493 e. The number of benzene rings is 2. The Morgan fingerprint density at radius 2 is 1.79 bits per heavy atom. The van der Waals surface area contributed by atoms with Crippen LogP contribution in [0, 0.1) is 6.92 Å². The number of rotatable bonds is 8. The second-order valence-electron chi connectivity index (χ2n) is 6.38. The molecule has 1 aromatic heterocycles. The van der Waals surface area contributed by atoms with Crippen molar-refractivity contribution in [1.29, 1.82) is 0 Å². The van der Waals surface area contributed by atoms with Gasteiger partial charge in [0.25, 0.3) is 0 Å². The number of thiazole rings is 1. The maximum atomic E-state index is 12.1. The van der Waals surface area contributed by atoms with E-state index in [9.17, 15) is 9.59 Å². The lowest BCUT2D eigenvalue weighted by Gasteiger charge is -2.17. The van der Waals surface area contributed by atoms with Crippen LogP contribution in [-0.2, 0) is 20.9 Å². The standard InChI is InChI=1S/C22H22N2O4S/c1-16-8-10-20(11-9-16)27-13-12-21(26)28-14-18-15-29-22(23-18)24(17(2)25)19-6-4-3-5-7-19/h3-11,15H,12-14H2,1-2H3. The van der Waals surface area contributed by atoms with Crippen molar-refractivity contribution in [2.45, 2.75) is 26.9 Å². The molecule has 6 nitrogen and oxygen atoms in total. The van der Waals surface area contributed by atoms with Crippen molar-refractivity contribution in [3.05, 3.63) is 71.2 Å². The first-order chi connectivity index (χ1) is 14.0. The van der Waals surface area contributed by atoms with Crippen LogP contribution in [0.1, 0.15) is 24.6 Å². The summed E-state index contributed by atoms with van der Waals surface area (Å²) in [6.07, 6.45) is 0.147. The molecule has 2 aromatic carbocycles. The van der Waals surface area contributed by atoms with Gasteiger partial charge in [0, 0.05) is 12.3 Å². The number of hydrogen-bond acceptors (Lipinski definition) is 6. The number of carbonyl (C=O) groups is 2. The molecular weight excluding hydrogens is 388 g/mol. The molecule has 0 radical (unpaired) electrons. The van der Waals surface area contributed by atoms with E-state index in [2.05, 4.69) is 4.98 Å². The number of hydrogen-bond donors (Lipinski definition) is 0. The molecule has 0 spiro atoms. The average Bonchev–Trinajstić information content (AvgIpc) is 3.17.